The molecule has 0 saturated heterocycles. The Morgan fingerprint density at radius 2 is 1.76 bits per heavy atom. The van der Waals surface area contributed by atoms with Gasteiger partial charge in [0.25, 0.3) is 5.56 Å². The highest BCUT2D eigenvalue weighted by Crippen LogP contribution is 2.11. The van der Waals surface area contributed by atoms with Gasteiger partial charge in [-0.2, -0.15) is 0 Å². The van der Waals surface area contributed by atoms with Crippen molar-refractivity contribution >= 4 is 16.9 Å². The Morgan fingerprint density at radius 1 is 1.08 bits per heavy atom. The number of Topliss-reactive ketones (excluding diaryl/α,β-unsaturated/α-hetero) is 1. The molecule has 0 bridgehead atoms. The maximum atomic E-state index is 12.5. The van der Waals surface area contributed by atoms with Crippen LogP contribution in [0.25, 0.3) is 11.2 Å². The number of nitrogens with zero attached hydrogens (tertiary/aromatic N) is 4. The van der Waals surface area contributed by atoms with Gasteiger partial charge in [0.05, 0.1) is 12.9 Å². The van der Waals surface area contributed by atoms with Crippen LogP contribution in [0.2, 0.25) is 0 Å². The molecular formula is C18H20N4O3. The topological polar surface area (TPSA) is 78.9 Å². The molecule has 0 amide bonds. The predicted molar refractivity (Wildman–Crippen MR) is 95.0 cm³/mol. The van der Waals surface area contributed by atoms with Crippen LogP contribution in [0.5, 0.6) is 0 Å². The third kappa shape index (κ3) is 2.93. The Hall–Kier alpha value is -2.96. The SMILES string of the molecule is CCCc1ccc(C(=O)Cn2cnc3c2c(=O)n(C)c(=O)n3C)cc1. The van der Waals surface area contributed by atoms with E-state index < -0.39 is 11.2 Å². The molecule has 0 spiro atoms. The van der Waals surface area contributed by atoms with Crippen LogP contribution in [0.15, 0.2) is 40.2 Å². The minimum Gasteiger partial charge on any atom is -0.317 e. The normalized spacial score (nSPS) is 11.2. The minimum absolute atomic E-state index is 0.00291. The second-order valence-electron chi connectivity index (χ2n) is 6.12. The van der Waals surface area contributed by atoms with Gasteiger partial charge in [0.2, 0.25) is 0 Å². The third-order valence-corrected chi connectivity index (χ3v) is 4.35. The molecule has 3 rings (SSSR count). The van der Waals surface area contributed by atoms with Gasteiger partial charge < -0.3 is 4.57 Å². The number of carbonyl (C=O) groups excluding carboxylic acids is 1. The first-order valence-corrected chi connectivity index (χ1v) is 8.17. The third-order valence-electron chi connectivity index (χ3n) is 4.35. The fourth-order valence-corrected chi connectivity index (χ4v) is 2.91. The summed E-state index contributed by atoms with van der Waals surface area (Å²) in [5.41, 5.74) is 1.40. The summed E-state index contributed by atoms with van der Waals surface area (Å²) in [6.07, 6.45) is 3.45. The van der Waals surface area contributed by atoms with E-state index in [0.29, 0.717) is 5.56 Å². The van der Waals surface area contributed by atoms with E-state index in [1.165, 1.54) is 28.1 Å². The zero-order chi connectivity index (χ0) is 18.1. The number of benzene rings is 1. The molecule has 0 aliphatic heterocycles. The largest absolute Gasteiger partial charge is 0.332 e. The maximum Gasteiger partial charge on any atom is 0.332 e. The number of ketones is 1. The van der Waals surface area contributed by atoms with Crippen molar-refractivity contribution in [2.45, 2.75) is 26.3 Å². The van der Waals surface area contributed by atoms with Crippen molar-refractivity contribution in [2.24, 2.45) is 14.1 Å². The van der Waals surface area contributed by atoms with Crippen LogP contribution >= 0.6 is 0 Å². The lowest BCUT2D eigenvalue weighted by molar-refractivity contribution is 0.0973. The number of rotatable bonds is 5. The van der Waals surface area contributed by atoms with E-state index in [9.17, 15) is 14.4 Å². The molecule has 0 radical (unpaired) electrons. The van der Waals surface area contributed by atoms with Crippen LogP contribution in [0.1, 0.15) is 29.3 Å². The highest BCUT2D eigenvalue weighted by atomic mass is 16.2. The van der Waals surface area contributed by atoms with Crippen LogP contribution < -0.4 is 11.2 Å². The van der Waals surface area contributed by atoms with Crippen molar-refractivity contribution in [1.82, 2.24) is 18.7 Å². The molecule has 1 aromatic carbocycles. The molecule has 0 aliphatic carbocycles. The summed E-state index contributed by atoms with van der Waals surface area (Å²) in [5.74, 6) is -0.113. The average molecular weight is 340 g/mol. The molecule has 0 unspecified atom stereocenters. The van der Waals surface area contributed by atoms with Crippen molar-refractivity contribution in [1.29, 1.82) is 0 Å². The molecule has 7 nitrogen and oxygen atoms in total. The summed E-state index contributed by atoms with van der Waals surface area (Å²) in [4.78, 5) is 41.0. The standard InChI is InChI=1S/C18H20N4O3/c1-4-5-12-6-8-13(9-7-12)14(23)10-22-11-19-16-15(22)17(24)21(3)18(25)20(16)2/h6-9,11H,4-5,10H2,1-3H3. The summed E-state index contributed by atoms with van der Waals surface area (Å²) in [6.45, 7) is 2.11. The molecule has 0 aliphatic rings. The molecule has 0 fully saturated rings. The fraction of sp³-hybridized carbons (Fsp3) is 0.333. The summed E-state index contributed by atoms with van der Waals surface area (Å²) >= 11 is 0. The highest BCUT2D eigenvalue weighted by Gasteiger charge is 2.16. The van der Waals surface area contributed by atoms with E-state index in [1.807, 2.05) is 12.1 Å². The number of hydrogen-bond donors (Lipinski definition) is 0. The number of aryl methyl sites for hydroxylation is 2. The Bertz CT molecular complexity index is 1050. The first-order chi connectivity index (χ1) is 11.9. The Morgan fingerprint density at radius 3 is 2.40 bits per heavy atom. The molecule has 0 N–H and O–H groups in total. The lowest BCUT2D eigenvalue weighted by Crippen LogP contribution is -2.37. The summed E-state index contributed by atoms with van der Waals surface area (Å²) in [6, 6.07) is 7.51. The van der Waals surface area contributed by atoms with Crippen molar-refractivity contribution in [3.63, 3.8) is 0 Å². The van der Waals surface area contributed by atoms with E-state index in [0.717, 1.165) is 17.4 Å². The number of fused-ring (bicyclic) bond motifs is 1. The van der Waals surface area contributed by atoms with E-state index in [1.54, 1.807) is 19.2 Å². The van der Waals surface area contributed by atoms with Gasteiger partial charge in [-0.3, -0.25) is 18.7 Å². The molecule has 0 saturated carbocycles. The summed E-state index contributed by atoms with van der Waals surface area (Å²) < 4.78 is 3.82. The predicted octanol–water partition coefficient (Wildman–Crippen LogP) is 1.27. The second-order valence-corrected chi connectivity index (χ2v) is 6.12. The first kappa shape index (κ1) is 16.9. The number of aromatic nitrogens is 4. The van der Waals surface area contributed by atoms with Gasteiger partial charge >= 0.3 is 5.69 Å². The monoisotopic (exact) mass is 340 g/mol. The number of imidazole rings is 1. The van der Waals surface area contributed by atoms with Crippen molar-refractivity contribution in [3.8, 4) is 0 Å². The molecule has 0 atom stereocenters. The molecule has 7 heteroatoms. The van der Waals surface area contributed by atoms with Gasteiger partial charge in [0.15, 0.2) is 16.9 Å². The molecule has 130 valence electrons. The van der Waals surface area contributed by atoms with E-state index >= 15 is 0 Å². The molecular weight excluding hydrogens is 320 g/mol. The average Bonchev–Trinajstić information content (AvgIpc) is 3.02. The Kier molecular flexibility index (Phi) is 4.39. The Labute approximate surface area is 144 Å². The van der Waals surface area contributed by atoms with Gasteiger partial charge in [0.1, 0.15) is 0 Å². The van der Waals surface area contributed by atoms with E-state index in [-0.39, 0.29) is 23.5 Å². The summed E-state index contributed by atoms with van der Waals surface area (Å²) in [7, 11) is 2.96. The minimum atomic E-state index is -0.457. The lowest BCUT2D eigenvalue weighted by Gasteiger charge is -2.07. The first-order valence-electron chi connectivity index (χ1n) is 8.17. The van der Waals surface area contributed by atoms with Crippen LogP contribution in [0, 0.1) is 0 Å². The van der Waals surface area contributed by atoms with Crippen molar-refractivity contribution < 1.29 is 4.79 Å². The molecule has 2 heterocycles. The van der Waals surface area contributed by atoms with Crippen LogP contribution in [0.4, 0.5) is 0 Å². The van der Waals surface area contributed by atoms with Crippen LogP contribution in [-0.2, 0) is 27.1 Å². The lowest BCUT2D eigenvalue weighted by atomic mass is 10.1. The second kappa shape index (κ2) is 6.51. The molecule has 3 aromatic rings. The maximum absolute atomic E-state index is 12.5. The van der Waals surface area contributed by atoms with Gasteiger partial charge in [-0.15, -0.1) is 0 Å². The number of hydrogen-bond acceptors (Lipinski definition) is 4. The van der Waals surface area contributed by atoms with Gasteiger partial charge in [0, 0.05) is 19.7 Å². The molecule has 25 heavy (non-hydrogen) atoms. The van der Waals surface area contributed by atoms with Crippen LogP contribution in [-0.4, -0.2) is 24.5 Å². The quantitative estimate of drug-likeness (QED) is 0.655. The number of carbonyl (C=O) groups is 1. The Balaban J connectivity index is 1.97. The van der Waals surface area contributed by atoms with Crippen molar-refractivity contribution in [2.75, 3.05) is 0 Å². The zero-order valence-electron chi connectivity index (χ0n) is 14.5. The van der Waals surface area contributed by atoms with Crippen LogP contribution in [0.3, 0.4) is 0 Å². The summed E-state index contributed by atoms with van der Waals surface area (Å²) in [5, 5.41) is 0. The molecule has 2 aromatic heterocycles. The van der Waals surface area contributed by atoms with Crippen molar-refractivity contribution in [3.05, 3.63) is 62.6 Å². The highest BCUT2D eigenvalue weighted by molar-refractivity contribution is 5.96. The van der Waals surface area contributed by atoms with Gasteiger partial charge in [-0.05, 0) is 12.0 Å². The fourth-order valence-electron chi connectivity index (χ4n) is 2.91. The smallest absolute Gasteiger partial charge is 0.317 e. The van der Waals surface area contributed by atoms with Gasteiger partial charge in [-0.1, -0.05) is 37.6 Å². The van der Waals surface area contributed by atoms with Gasteiger partial charge in [-0.25, -0.2) is 9.78 Å². The zero-order valence-corrected chi connectivity index (χ0v) is 14.5. The van der Waals surface area contributed by atoms with E-state index in [4.69, 9.17) is 0 Å². The van der Waals surface area contributed by atoms with E-state index in [2.05, 4.69) is 11.9 Å².